The van der Waals surface area contributed by atoms with Crippen molar-refractivity contribution in [2.75, 3.05) is 12.5 Å². The normalized spacial score (nSPS) is 13.7. The highest BCUT2D eigenvalue weighted by Gasteiger charge is 2.35. The molecule has 0 fully saturated rings. The van der Waals surface area contributed by atoms with Gasteiger partial charge in [-0.15, -0.1) is 11.6 Å². The van der Waals surface area contributed by atoms with E-state index < -0.39 is 11.8 Å². The Hall–Kier alpha value is -1.40. The summed E-state index contributed by atoms with van der Waals surface area (Å²) in [7, 11) is 0. The molecule has 1 heterocycles. The lowest BCUT2D eigenvalue weighted by atomic mass is 10.1. The third-order valence-corrected chi connectivity index (χ3v) is 3.37. The Morgan fingerprint density at radius 2 is 1.95 bits per heavy atom. The van der Waals surface area contributed by atoms with Gasteiger partial charge in [0.1, 0.15) is 6.67 Å². The van der Waals surface area contributed by atoms with Crippen LogP contribution in [0.2, 0.25) is 0 Å². The topological polar surface area (TPSA) is 66.5 Å². The van der Waals surface area contributed by atoms with E-state index in [0.29, 0.717) is 11.1 Å². The van der Waals surface area contributed by atoms with Gasteiger partial charge in [-0.05, 0) is 18.2 Å². The summed E-state index contributed by atoms with van der Waals surface area (Å²) in [6.45, 7) is -0.139. The lowest BCUT2D eigenvalue weighted by Gasteiger charge is -2.14. The van der Waals surface area contributed by atoms with Crippen LogP contribution in [0.15, 0.2) is 22.7 Å². The second kappa shape index (κ2) is 5.71. The molecule has 100 valence electrons. The maximum Gasteiger partial charge on any atom is 0.263 e. The first-order valence-electron chi connectivity index (χ1n) is 5.53. The van der Waals surface area contributed by atoms with Gasteiger partial charge in [-0.1, -0.05) is 15.9 Å². The van der Waals surface area contributed by atoms with Crippen LogP contribution in [0.3, 0.4) is 0 Å². The van der Waals surface area contributed by atoms with E-state index in [-0.39, 0.29) is 24.9 Å². The molecule has 2 rings (SSSR count). The van der Waals surface area contributed by atoms with Crippen molar-refractivity contribution in [1.82, 2.24) is 10.2 Å². The lowest BCUT2D eigenvalue weighted by molar-refractivity contribution is -0.121. The lowest BCUT2D eigenvalue weighted by Crippen LogP contribution is -2.40. The zero-order chi connectivity index (χ0) is 14.0. The summed E-state index contributed by atoms with van der Waals surface area (Å²) >= 11 is 8.67. The van der Waals surface area contributed by atoms with Crippen LogP contribution in [-0.4, -0.2) is 35.2 Å². The van der Waals surface area contributed by atoms with Crippen molar-refractivity contribution in [2.24, 2.45) is 0 Å². The molecule has 0 aliphatic carbocycles. The molecule has 0 bridgehead atoms. The Bertz CT molecular complexity index is 562. The van der Waals surface area contributed by atoms with Crippen LogP contribution in [0.5, 0.6) is 0 Å². The molecule has 1 aromatic carbocycles. The molecule has 0 aromatic heterocycles. The Kier molecular flexibility index (Phi) is 4.21. The maximum absolute atomic E-state index is 12.0. The van der Waals surface area contributed by atoms with Crippen molar-refractivity contribution in [3.63, 3.8) is 0 Å². The van der Waals surface area contributed by atoms with E-state index in [1.165, 1.54) is 0 Å². The van der Waals surface area contributed by atoms with E-state index in [1.54, 1.807) is 18.2 Å². The Morgan fingerprint density at radius 3 is 2.63 bits per heavy atom. The maximum atomic E-state index is 12.0. The SMILES string of the molecule is O=C(CCCl)NCN1C(=O)c2ccc(Br)cc2C1=O. The van der Waals surface area contributed by atoms with E-state index in [0.717, 1.165) is 9.37 Å². The van der Waals surface area contributed by atoms with Gasteiger partial charge in [0.25, 0.3) is 11.8 Å². The molecule has 1 N–H and O–H groups in total. The zero-order valence-corrected chi connectivity index (χ0v) is 12.1. The smallest absolute Gasteiger partial charge is 0.263 e. The molecule has 0 atom stereocenters. The third kappa shape index (κ3) is 2.79. The van der Waals surface area contributed by atoms with Crippen molar-refractivity contribution in [2.45, 2.75) is 6.42 Å². The van der Waals surface area contributed by atoms with E-state index in [4.69, 9.17) is 11.6 Å². The molecule has 7 heteroatoms. The fourth-order valence-electron chi connectivity index (χ4n) is 1.75. The first-order valence-corrected chi connectivity index (χ1v) is 6.85. The second-order valence-electron chi connectivity index (χ2n) is 3.93. The molecule has 1 aliphatic rings. The molecule has 3 amide bonds. The molecule has 0 radical (unpaired) electrons. The number of halogens is 2. The second-order valence-corrected chi connectivity index (χ2v) is 5.22. The molecular formula is C12H10BrClN2O3. The summed E-state index contributed by atoms with van der Waals surface area (Å²) in [5, 5.41) is 2.48. The number of nitrogens with one attached hydrogen (secondary N) is 1. The Labute approximate surface area is 123 Å². The number of rotatable bonds is 4. The number of hydrogen-bond acceptors (Lipinski definition) is 3. The van der Waals surface area contributed by atoms with Crippen LogP contribution in [0.4, 0.5) is 0 Å². The summed E-state index contributed by atoms with van der Waals surface area (Å²) < 4.78 is 0.723. The molecule has 0 saturated carbocycles. The van der Waals surface area contributed by atoms with Crippen molar-refractivity contribution in [3.05, 3.63) is 33.8 Å². The van der Waals surface area contributed by atoms with Crippen molar-refractivity contribution >= 4 is 45.3 Å². The Morgan fingerprint density at radius 1 is 1.26 bits per heavy atom. The summed E-state index contributed by atoms with van der Waals surface area (Å²) in [4.78, 5) is 36.3. The first kappa shape index (κ1) is 14.0. The minimum Gasteiger partial charge on any atom is -0.338 e. The predicted molar refractivity (Wildman–Crippen MR) is 73.0 cm³/mol. The molecule has 0 unspecified atom stereocenters. The molecular weight excluding hydrogens is 336 g/mol. The van der Waals surface area contributed by atoms with Crippen LogP contribution in [-0.2, 0) is 4.79 Å². The van der Waals surface area contributed by atoms with Gasteiger partial charge in [0.2, 0.25) is 5.91 Å². The summed E-state index contributed by atoms with van der Waals surface area (Å²) in [5.41, 5.74) is 0.686. The predicted octanol–water partition coefficient (Wildman–Crippen LogP) is 1.75. The van der Waals surface area contributed by atoms with E-state index in [1.807, 2.05) is 0 Å². The average molecular weight is 346 g/mol. The number of imide groups is 1. The number of nitrogens with zero attached hydrogens (tertiary/aromatic N) is 1. The molecule has 0 spiro atoms. The van der Waals surface area contributed by atoms with Gasteiger partial charge in [-0.3, -0.25) is 19.3 Å². The fourth-order valence-corrected chi connectivity index (χ4v) is 2.28. The van der Waals surface area contributed by atoms with Crippen LogP contribution in [0.1, 0.15) is 27.1 Å². The van der Waals surface area contributed by atoms with Crippen LogP contribution in [0.25, 0.3) is 0 Å². The van der Waals surface area contributed by atoms with Gasteiger partial charge >= 0.3 is 0 Å². The molecule has 0 saturated heterocycles. The summed E-state index contributed by atoms with van der Waals surface area (Å²) in [5.74, 6) is -0.917. The average Bonchev–Trinajstić information content (AvgIpc) is 2.60. The molecule has 19 heavy (non-hydrogen) atoms. The number of hydrogen-bond donors (Lipinski definition) is 1. The largest absolute Gasteiger partial charge is 0.338 e. The molecule has 1 aliphatic heterocycles. The van der Waals surface area contributed by atoms with Crippen LogP contribution < -0.4 is 5.32 Å². The van der Waals surface area contributed by atoms with E-state index in [9.17, 15) is 14.4 Å². The molecule has 1 aromatic rings. The monoisotopic (exact) mass is 344 g/mol. The highest BCUT2D eigenvalue weighted by atomic mass is 79.9. The number of amides is 3. The van der Waals surface area contributed by atoms with Crippen LogP contribution in [0, 0.1) is 0 Å². The number of carbonyl (C=O) groups is 3. The number of fused-ring (bicyclic) bond motifs is 1. The van der Waals surface area contributed by atoms with Crippen molar-refractivity contribution in [1.29, 1.82) is 0 Å². The quantitative estimate of drug-likeness (QED) is 0.668. The number of carbonyl (C=O) groups excluding carboxylic acids is 3. The van der Waals surface area contributed by atoms with Crippen LogP contribution >= 0.6 is 27.5 Å². The third-order valence-electron chi connectivity index (χ3n) is 2.69. The van der Waals surface area contributed by atoms with Gasteiger partial charge in [0.05, 0.1) is 11.1 Å². The minimum atomic E-state index is -0.410. The minimum absolute atomic E-state index is 0.139. The standard InChI is InChI=1S/C12H10BrClN2O3/c13-7-1-2-8-9(5-7)12(19)16(11(8)18)6-15-10(17)3-4-14/h1-2,5H,3-4,6H2,(H,15,17). The highest BCUT2D eigenvalue weighted by molar-refractivity contribution is 9.10. The first-order chi connectivity index (χ1) is 9.04. The number of alkyl halides is 1. The van der Waals surface area contributed by atoms with Gasteiger partial charge < -0.3 is 5.32 Å². The van der Waals surface area contributed by atoms with E-state index >= 15 is 0 Å². The zero-order valence-electron chi connectivity index (χ0n) is 9.78. The van der Waals surface area contributed by atoms with Gasteiger partial charge in [0.15, 0.2) is 0 Å². The highest BCUT2D eigenvalue weighted by Crippen LogP contribution is 2.25. The summed E-state index contributed by atoms with van der Waals surface area (Å²) in [6, 6.07) is 4.87. The Balaban J connectivity index is 2.12. The van der Waals surface area contributed by atoms with E-state index in [2.05, 4.69) is 21.2 Å². The van der Waals surface area contributed by atoms with Crippen molar-refractivity contribution < 1.29 is 14.4 Å². The van der Waals surface area contributed by atoms with Crippen molar-refractivity contribution in [3.8, 4) is 0 Å². The number of benzene rings is 1. The van der Waals surface area contributed by atoms with Gasteiger partial charge in [-0.2, -0.15) is 0 Å². The van der Waals surface area contributed by atoms with Gasteiger partial charge in [-0.25, -0.2) is 0 Å². The summed E-state index contributed by atoms with van der Waals surface area (Å²) in [6.07, 6.45) is 0.149. The molecule has 5 nitrogen and oxygen atoms in total. The fraction of sp³-hybridized carbons (Fsp3) is 0.250. The van der Waals surface area contributed by atoms with Gasteiger partial charge in [0, 0.05) is 16.8 Å².